The van der Waals surface area contributed by atoms with Crippen LogP contribution in [0, 0.1) is 0 Å². The van der Waals surface area contributed by atoms with E-state index in [0.717, 1.165) is 0 Å². The van der Waals surface area contributed by atoms with Crippen molar-refractivity contribution in [2.75, 3.05) is 11.9 Å². The summed E-state index contributed by atoms with van der Waals surface area (Å²) in [6, 6.07) is 6.72. The van der Waals surface area contributed by atoms with Crippen LogP contribution in [0.4, 0.5) is 5.69 Å². The zero-order chi connectivity index (χ0) is 12.0. The second-order valence-corrected chi connectivity index (χ2v) is 3.18. The van der Waals surface area contributed by atoms with E-state index in [4.69, 9.17) is 10.5 Å². The molecule has 2 amide bonds. The van der Waals surface area contributed by atoms with Crippen molar-refractivity contribution < 1.29 is 14.3 Å². The average molecular weight is 222 g/mol. The molecule has 0 aromatic heterocycles. The normalized spacial score (nSPS) is 9.56. The number of rotatable bonds is 5. The Labute approximate surface area is 93.6 Å². The predicted octanol–water partition coefficient (Wildman–Crippen LogP) is 0.899. The lowest BCUT2D eigenvalue weighted by atomic mass is 10.3. The van der Waals surface area contributed by atoms with Gasteiger partial charge in [-0.25, -0.2) is 0 Å². The van der Waals surface area contributed by atoms with Crippen molar-refractivity contribution in [3.63, 3.8) is 0 Å². The molecule has 0 saturated carbocycles. The maximum atomic E-state index is 11.1. The number of anilines is 1. The van der Waals surface area contributed by atoms with Gasteiger partial charge in [0.15, 0.2) is 6.61 Å². The van der Waals surface area contributed by atoms with Gasteiger partial charge in [-0.05, 0) is 24.3 Å². The van der Waals surface area contributed by atoms with Crippen LogP contribution < -0.4 is 15.8 Å². The highest BCUT2D eigenvalue weighted by Crippen LogP contribution is 2.15. The van der Waals surface area contributed by atoms with E-state index >= 15 is 0 Å². The maximum absolute atomic E-state index is 11.1. The minimum Gasteiger partial charge on any atom is -0.484 e. The molecule has 1 aromatic carbocycles. The fourth-order valence-corrected chi connectivity index (χ4v) is 1.04. The van der Waals surface area contributed by atoms with Crippen LogP contribution in [-0.2, 0) is 9.59 Å². The van der Waals surface area contributed by atoms with Crippen molar-refractivity contribution in [3.05, 3.63) is 24.3 Å². The second-order valence-electron chi connectivity index (χ2n) is 3.18. The highest BCUT2D eigenvalue weighted by molar-refractivity contribution is 5.90. The molecule has 0 atom stereocenters. The molecule has 5 nitrogen and oxygen atoms in total. The van der Waals surface area contributed by atoms with E-state index in [1.807, 2.05) is 0 Å². The molecule has 0 aliphatic rings. The molecule has 0 aliphatic heterocycles. The number of amides is 2. The van der Waals surface area contributed by atoms with Gasteiger partial charge >= 0.3 is 0 Å². The molecule has 0 fully saturated rings. The SMILES string of the molecule is CCC(=O)Nc1ccc(OCC(N)=O)cc1. The minimum atomic E-state index is -0.525. The van der Waals surface area contributed by atoms with Gasteiger partial charge in [-0.3, -0.25) is 9.59 Å². The summed E-state index contributed by atoms with van der Waals surface area (Å²) in [5.41, 5.74) is 5.63. The zero-order valence-corrected chi connectivity index (χ0v) is 9.03. The average Bonchev–Trinajstić information content (AvgIpc) is 2.28. The summed E-state index contributed by atoms with van der Waals surface area (Å²) in [7, 11) is 0. The Morgan fingerprint density at radius 3 is 2.44 bits per heavy atom. The fraction of sp³-hybridized carbons (Fsp3) is 0.273. The van der Waals surface area contributed by atoms with Gasteiger partial charge in [0.25, 0.3) is 5.91 Å². The molecule has 0 heterocycles. The Morgan fingerprint density at radius 2 is 1.94 bits per heavy atom. The number of primary amides is 1. The molecule has 1 aromatic rings. The Kier molecular flexibility index (Phi) is 4.32. The van der Waals surface area contributed by atoms with Crippen LogP contribution in [0.5, 0.6) is 5.75 Å². The first-order chi connectivity index (χ1) is 7.61. The number of hydrogen-bond donors (Lipinski definition) is 2. The number of benzene rings is 1. The predicted molar refractivity (Wildman–Crippen MR) is 60.1 cm³/mol. The Hall–Kier alpha value is -2.04. The summed E-state index contributed by atoms with van der Waals surface area (Å²) < 4.78 is 5.07. The van der Waals surface area contributed by atoms with Gasteiger partial charge in [-0.15, -0.1) is 0 Å². The first-order valence-electron chi connectivity index (χ1n) is 4.93. The molecule has 1 rings (SSSR count). The monoisotopic (exact) mass is 222 g/mol. The van der Waals surface area contributed by atoms with E-state index in [0.29, 0.717) is 17.9 Å². The van der Waals surface area contributed by atoms with Gasteiger partial charge in [0.2, 0.25) is 5.91 Å². The first kappa shape index (κ1) is 12.0. The van der Waals surface area contributed by atoms with Crippen molar-refractivity contribution >= 4 is 17.5 Å². The summed E-state index contributed by atoms with van der Waals surface area (Å²) in [4.78, 5) is 21.5. The quantitative estimate of drug-likeness (QED) is 0.776. The van der Waals surface area contributed by atoms with Crippen LogP contribution >= 0.6 is 0 Å². The van der Waals surface area contributed by atoms with Crippen LogP contribution in [0.1, 0.15) is 13.3 Å². The third-order valence-electron chi connectivity index (χ3n) is 1.84. The molecule has 0 unspecified atom stereocenters. The van der Waals surface area contributed by atoms with E-state index in [1.165, 1.54) is 0 Å². The second kappa shape index (κ2) is 5.75. The van der Waals surface area contributed by atoms with Crippen LogP contribution in [0.15, 0.2) is 24.3 Å². The number of nitrogens with two attached hydrogens (primary N) is 1. The van der Waals surface area contributed by atoms with Crippen molar-refractivity contribution in [3.8, 4) is 5.75 Å². The van der Waals surface area contributed by atoms with Crippen LogP contribution in [0.2, 0.25) is 0 Å². The lowest BCUT2D eigenvalue weighted by molar-refractivity contribution is -0.120. The molecule has 86 valence electrons. The van der Waals surface area contributed by atoms with Crippen molar-refractivity contribution in [2.24, 2.45) is 5.73 Å². The number of hydrogen-bond acceptors (Lipinski definition) is 3. The fourth-order valence-electron chi connectivity index (χ4n) is 1.04. The maximum Gasteiger partial charge on any atom is 0.255 e. The molecular formula is C11H14N2O3. The van der Waals surface area contributed by atoms with E-state index in [-0.39, 0.29) is 12.5 Å². The zero-order valence-electron chi connectivity index (χ0n) is 9.03. The van der Waals surface area contributed by atoms with Crippen molar-refractivity contribution in [1.29, 1.82) is 0 Å². The van der Waals surface area contributed by atoms with E-state index in [9.17, 15) is 9.59 Å². The van der Waals surface area contributed by atoms with Gasteiger partial charge in [0.05, 0.1) is 0 Å². The summed E-state index contributed by atoms with van der Waals surface area (Å²) >= 11 is 0. The minimum absolute atomic E-state index is 0.0502. The lowest BCUT2D eigenvalue weighted by Gasteiger charge is -2.06. The number of carbonyl (C=O) groups is 2. The molecule has 16 heavy (non-hydrogen) atoms. The molecule has 0 saturated heterocycles. The van der Waals surface area contributed by atoms with E-state index in [1.54, 1.807) is 31.2 Å². The van der Waals surface area contributed by atoms with Crippen LogP contribution in [0.3, 0.4) is 0 Å². The van der Waals surface area contributed by atoms with Gasteiger partial charge in [0.1, 0.15) is 5.75 Å². The Balaban J connectivity index is 2.54. The summed E-state index contributed by atoms with van der Waals surface area (Å²) in [6.07, 6.45) is 0.430. The summed E-state index contributed by atoms with van der Waals surface area (Å²) in [5, 5.41) is 2.70. The summed E-state index contributed by atoms with van der Waals surface area (Å²) in [5.74, 6) is -0.0394. The van der Waals surface area contributed by atoms with Gasteiger partial charge in [-0.2, -0.15) is 0 Å². The molecule has 0 radical (unpaired) electrons. The largest absolute Gasteiger partial charge is 0.484 e. The van der Waals surface area contributed by atoms with Crippen LogP contribution in [-0.4, -0.2) is 18.4 Å². The molecule has 0 spiro atoms. The number of nitrogens with one attached hydrogen (secondary N) is 1. The third kappa shape index (κ3) is 4.00. The van der Waals surface area contributed by atoms with Gasteiger partial charge in [-0.1, -0.05) is 6.92 Å². The van der Waals surface area contributed by atoms with Crippen LogP contribution in [0.25, 0.3) is 0 Å². The molecule has 5 heteroatoms. The van der Waals surface area contributed by atoms with E-state index in [2.05, 4.69) is 5.32 Å². The number of ether oxygens (including phenoxy) is 1. The first-order valence-corrected chi connectivity index (χ1v) is 4.93. The van der Waals surface area contributed by atoms with E-state index < -0.39 is 5.91 Å². The van der Waals surface area contributed by atoms with Gasteiger partial charge in [0, 0.05) is 12.1 Å². The lowest BCUT2D eigenvalue weighted by Crippen LogP contribution is -2.20. The smallest absolute Gasteiger partial charge is 0.255 e. The standard InChI is InChI=1S/C11H14N2O3/c1-2-11(15)13-8-3-5-9(6-4-8)16-7-10(12)14/h3-6H,2,7H2,1H3,(H2,12,14)(H,13,15). The Bertz CT molecular complexity index is 373. The number of carbonyl (C=O) groups excluding carboxylic acids is 2. The third-order valence-corrected chi connectivity index (χ3v) is 1.84. The van der Waals surface area contributed by atoms with Gasteiger partial charge < -0.3 is 15.8 Å². The molecule has 0 bridgehead atoms. The molecule has 3 N–H and O–H groups in total. The Morgan fingerprint density at radius 1 is 1.31 bits per heavy atom. The highest BCUT2D eigenvalue weighted by Gasteiger charge is 2.00. The topological polar surface area (TPSA) is 81.4 Å². The van der Waals surface area contributed by atoms with Crippen molar-refractivity contribution in [2.45, 2.75) is 13.3 Å². The molecular weight excluding hydrogens is 208 g/mol. The van der Waals surface area contributed by atoms with Crippen molar-refractivity contribution in [1.82, 2.24) is 0 Å². The highest BCUT2D eigenvalue weighted by atomic mass is 16.5. The summed E-state index contributed by atoms with van der Waals surface area (Å²) in [6.45, 7) is 1.63. The molecule has 0 aliphatic carbocycles.